The van der Waals surface area contributed by atoms with Gasteiger partial charge >= 0.3 is 7.82 Å². The van der Waals surface area contributed by atoms with Gasteiger partial charge in [0.2, 0.25) is 5.91 Å². The lowest BCUT2D eigenvalue weighted by molar-refractivity contribution is -0.870. The number of nitrogens with one attached hydrogen (secondary N) is 1. The minimum absolute atomic E-state index is 0.0458. The van der Waals surface area contributed by atoms with Crippen LogP contribution in [0.2, 0.25) is 0 Å². The molecule has 1 amide bonds. The van der Waals surface area contributed by atoms with Crippen LogP contribution in [0, 0.1) is 0 Å². The molecule has 0 bridgehead atoms. The fourth-order valence-corrected chi connectivity index (χ4v) is 8.50. The number of carbonyl (C=O) groups is 1. The van der Waals surface area contributed by atoms with E-state index in [-0.39, 0.29) is 19.1 Å². The number of phosphoric ester groups is 1. The number of aliphatic hydroxyl groups is 1. The first kappa shape index (κ1) is 73.1. The summed E-state index contributed by atoms with van der Waals surface area (Å²) in [5.74, 6) is -0.206. The lowest BCUT2D eigenvalue weighted by atomic mass is 10.1. The molecule has 0 spiro atoms. The largest absolute Gasteiger partial charge is 0.472 e. The first-order valence-corrected chi connectivity index (χ1v) is 31.9. The Bertz CT molecular complexity index is 1810. The Kier molecular flexibility index (Phi) is 54.0. The van der Waals surface area contributed by atoms with Crippen molar-refractivity contribution in [3.05, 3.63) is 158 Å². The average Bonchev–Trinajstić information content (AvgIpc) is 3.39. The van der Waals surface area contributed by atoms with E-state index in [9.17, 15) is 19.4 Å². The molecule has 436 valence electrons. The molecule has 3 unspecified atom stereocenters. The van der Waals surface area contributed by atoms with Gasteiger partial charge in [-0.3, -0.25) is 13.8 Å². The van der Waals surface area contributed by atoms with E-state index in [1.807, 2.05) is 27.2 Å². The molecule has 0 aliphatic rings. The number of nitrogens with zero attached hydrogens (tertiary/aromatic N) is 1. The molecule has 0 heterocycles. The third-order valence-corrected chi connectivity index (χ3v) is 13.5. The van der Waals surface area contributed by atoms with Gasteiger partial charge in [0, 0.05) is 6.42 Å². The number of amides is 1. The van der Waals surface area contributed by atoms with Gasteiger partial charge in [0.05, 0.1) is 39.9 Å². The first-order valence-electron chi connectivity index (χ1n) is 30.4. The highest BCUT2D eigenvalue weighted by Crippen LogP contribution is 2.43. The molecule has 0 aliphatic carbocycles. The Labute approximate surface area is 473 Å². The summed E-state index contributed by atoms with van der Waals surface area (Å²) in [5.41, 5.74) is 0. The second-order valence-electron chi connectivity index (χ2n) is 21.0. The van der Waals surface area contributed by atoms with Gasteiger partial charge in [0.25, 0.3) is 0 Å². The van der Waals surface area contributed by atoms with E-state index in [0.29, 0.717) is 17.4 Å². The maximum atomic E-state index is 13.0. The molecule has 8 nitrogen and oxygen atoms in total. The summed E-state index contributed by atoms with van der Waals surface area (Å²) < 4.78 is 23.6. The maximum Gasteiger partial charge on any atom is 0.472 e. The number of allylic oxidation sites excluding steroid dienone is 25. The van der Waals surface area contributed by atoms with Crippen molar-refractivity contribution >= 4 is 13.7 Å². The Morgan fingerprint density at radius 2 is 0.792 bits per heavy atom. The van der Waals surface area contributed by atoms with Crippen molar-refractivity contribution in [3.8, 4) is 0 Å². The highest BCUT2D eigenvalue weighted by Gasteiger charge is 2.27. The molecule has 0 rings (SSSR count). The van der Waals surface area contributed by atoms with Crippen LogP contribution in [0.5, 0.6) is 0 Å². The number of hydrogen-bond donors (Lipinski definition) is 3. The summed E-state index contributed by atoms with van der Waals surface area (Å²) in [4.78, 5) is 23.3. The highest BCUT2D eigenvalue weighted by molar-refractivity contribution is 7.47. The quantitative estimate of drug-likeness (QED) is 0.0243. The van der Waals surface area contributed by atoms with Crippen LogP contribution in [0.25, 0.3) is 0 Å². The number of hydrogen-bond acceptors (Lipinski definition) is 5. The zero-order valence-electron chi connectivity index (χ0n) is 49.6. The molecule has 0 saturated carbocycles. The van der Waals surface area contributed by atoms with E-state index < -0.39 is 20.0 Å². The molecule has 0 aromatic heterocycles. The van der Waals surface area contributed by atoms with Gasteiger partial charge in [-0.25, -0.2) is 4.57 Å². The smallest absolute Gasteiger partial charge is 0.387 e. The van der Waals surface area contributed by atoms with Crippen molar-refractivity contribution in [3.63, 3.8) is 0 Å². The van der Waals surface area contributed by atoms with Gasteiger partial charge < -0.3 is 19.8 Å². The van der Waals surface area contributed by atoms with Gasteiger partial charge in [-0.2, -0.15) is 0 Å². The lowest BCUT2D eigenvalue weighted by Gasteiger charge is -2.25. The summed E-state index contributed by atoms with van der Waals surface area (Å²) in [6.07, 6.45) is 89.3. The Morgan fingerprint density at radius 1 is 0.455 bits per heavy atom. The molecule has 77 heavy (non-hydrogen) atoms. The molecule has 0 fully saturated rings. The topological polar surface area (TPSA) is 105 Å². The Morgan fingerprint density at radius 3 is 1.19 bits per heavy atom. The summed E-state index contributed by atoms with van der Waals surface area (Å²) in [5, 5.41) is 13.9. The molecule has 0 radical (unpaired) electrons. The van der Waals surface area contributed by atoms with Crippen LogP contribution < -0.4 is 5.32 Å². The van der Waals surface area contributed by atoms with Crippen molar-refractivity contribution in [2.75, 3.05) is 40.9 Å². The summed E-state index contributed by atoms with van der Waals surface area (Å²) >= 11 is 0. The van der Waals surface area contributed by atoms with Gasteiger partial charge in [-0.05, 0) is 116 Å². The Hall–Kier alpha value is -3.88. The maximum absolute atomic E-state index is 13.0. The summed E-state index contributed by atoms with van der Waals surface area (Å²) in [6.45, 7) is 4.64. The fraction of sp³-hybridized carbons (Fsp3) is 0.603. The molecule has 0 saturated heterocycles. The number of rotatable bonds is 53. The van der Waals surface area contributed by atoms with Crippen LogP contribution in [0.1, 0.15) is 213 Å². The van der Waals surface area contributed by atoms with Crippen LogP contribution >= 0.6 is 7.82 Å². The molecule has 0 aliphatic heterocycles. The van der Waals surface area contributed by atoms with E-state index in [0.717, 1.165) is 122 Å². The van der Waals surface area contributed by atoms with Gasteiger partial charge in [-0.15, -0.1) is 0 Å². The van der Waals surface area contributed by atoms with Crippen molar-refractivity contribution in [2.45, 2.75) is 225 Å². The first-order chi connectivity index (χ1) is 37.5. The van der Waals surface area contributed by atoms with Crippen LogP contribution in [0.4, 0.5) is 0 Å². The molecule has 0 aromatic carbocycles. The van der Waals surface area contributed by atoms with Crippen LogP contribution in [0.15, 0.2) is 158 Å². The van der Waals surface area contributed by atoms with E-state index >= 15 is 0 Å². The van der Waals surface area contributed by atoms with E-state index in [2.05, 4.69) is 165 Å². The monoisotopic (exact) mass is 1090 g/mol. The van der Waals surface area contributed by atoms with Crippen molar-refractivity contribution in [1.82, 2.24) is 5.32 Å². The molecular formula is C68H114N2O6P+. The number of quaternary nitrogens is 1. The second kappa shape index (κ2) is 56.8. The highest BCUT2D eigenvalue weighted by atomic mass is 31.2. The number of unbranched alkanes of at least 4 members (excludes halogenated alkanes) is 16. The summed E-state index contributed by atoms with van der Waals surface area (Å²) in [7, 11) is 1.52. The molecule has 0 aromatic rings. The molecule has 3 N–H and O–H groups in total. The van der Waals surface area contributed by atoms with E-state index in [1.54, 1.807) is 6.08 Å². The van der Waals surface area contributed by atoms with Crippen molar-refractivity contribution in [1.29, 1.82) is 0 Å². The van der Waals surface area contributed by atoms with Crippen molar-refractivity contribution in [2.24, 2.45) is 0 Å². The standard InChI is InChI=1S/C68H113N2O6P/c1-6-8-10-12-14-16-18-20-22-23-24-25-26-27-28-29-30-31-32-33-34-35-36-37-38-39-40-41-42-43-44-45-46-47-48-50-52-54-56-58-60-62-68(72)69-66(65-76-77(73,74)75-64-63-70(3,4)5)67(71)61-59-57-55-53-51-49-21-19-17-15-13-11-9-7-2/h8,10,14,16,20,22,24-25,27-28,30-31,33-34,36-37,39-40,42-43,45-46,51,53,59,61,66-67,71H,6-7,9,11-13,15,17-19,21,23,26,29,32,35,38,41,44,47-50,52,54-58,60,62-65H2,1-5H3,(H-,69,72,73,74)/p+1/b10-8-,16-14-,22-20-,25-24-,28-27-,31-30-,34-33-,37-36-,40-39-,43-42-,46-45-,53-51+,61-59+. The SMILES string of the molecule is CC/C=C\C/C=C\C/C=C\C/C=C\C/C=C\C/C=C\C/C=C\C/C=C\C/C=C\C/C=C\C/C=C\CCCCCCCCCC(=O)NC(COP(=O)(O)OCC[N+](C)(C)C)C(O)/C=C/CC/C=C/CCCCCCCCCC. The second-order valence-corrected chi connectivity index (χ2v) is 22.4. The van der Waals surface area contributed by atoms with Gasteiger partial charge in [0.1, 0.15) is 13.2 Å². The van der Waals surface area contributed by atoms with Gasteiger partial charge in [-0.1, -0.05) is 249 Å². The van der Waals surface area contributed by atoms with Crippen LogP contribution in [-0.4, -0.2) is 73.4 Å². The third-order valence-electron chi connectivity index (χ3n) is 12.5. The third kappa shape index (κ3) is 59.6. The van der Waals surface area contributed by atoms with Gasteiger partial charge in [0.15, 0.2) is 0 Å². The summed E-state index contributed by atoms with van der Waals surface area (Å²) in [6, 6.07) is -0.880. The lowest BCUT2D eigenvalue weighted by Crippen LogP contribution is -2.45. The predicted octanol–water partition coefficient (Wildman–Crippen LogP) is 19.0. The normalized spacial score (nSPS) is 14.9. The van der Waals surface area contributed by atoms with Crippen molar-refractivity contribution < 1.29 is 32.9 Å². The van der Waals surface area contributed by atoms with Crippen LogP contribution in [0.3, 0.4) is 0 Å². The van der Waals surface area contributed by atoms with E-state index in [1.165, 1.54) is 70.6 Å². The minimum atomic E-state index is -4.37. The average molecular weight is 1090 g/mol. The Balaban J connectivity index is 4.17. The van der Waals surface area contributed by atoms with Crippen LogP contribution in [-0.2, 0) is 18.4 Å². The zero-order valence-corrected chi connectivity index (χ0v) is 50.5. The number of phosphoric acid groups is 1. The predicted molar refractivity (Wildman–Crippen MR) is 336 cm³/mol. The fourth-order valence-electron chi connectivity index (χ4n) is 7.77. The molecule has 3 atom stereocenters. The zero-order chi connectivity index (χ0) is 56.3. The number of carbonyl (C=O) groups excluding carboxylic acids is 1. The number of likely N-dealkylation sites (N-methyl/N-ethyl adjacent to an activating group) is 1. The minimum Gasteiger partial charge on any atom is -0.387 e. The molecular weight excluding hydrogens is 972 g/mol. The molecule has 9 heteroatoms. The van der Waals surface area contributed by atoms with E-state index in [4.69, 9.17) is 9.05 Å². The number of aliphatic hydroxyl groups excluding tert-OH is 1.